The van der Waals surface area contributed by atoms with Crippen LogP contribution >= 0.6 is 24.0 Å². The lowest BCUT2D eigenvalue weighted by Gasteiger charge is -2.23. The zero-order valence-electron chi connectivity index (χ0n) is 16.1. The van der Waals surface area contributed by atoms with Crippen molar-refractivity contribution in [2.45, 2.75) is 31.9 Å². The Kier molecular flexibility index (Phi) is 11.5. The van der Waals surface area contributed by atoms with Crippen LogP contribution < -0.4 is 5.32 Å². The summed E-state index contributed by atoms with van der Waals surface area (Å²) in [5.74, 6) is 1.34. The molecule has 0 aromatic carbocycles. The van der Waals surface area contributed by atoms with Gasteiger partial charge in [-0.05, 0) is 27.2 Å². The summed E-state index contributed by atoms with van der Waals surface area (Å²) in [7, 11) is 0.267. The average molecular weight is 491 g/mol. The maximum Gasteiger partial charge on any atom is 0.193 e. The third-order valence-corrected chi connectivity index (χ3v) is 6.78. The maximum absolute atomic E-state index is 12.1. The van der Waals surface area contributed by atoms with Crippen molar-refractivity contribution in [1.29, 1.82) is 0 Å². The molecule has 1 heterocycles. The van der Waals surface area contributed by atoms with E-state index < -0.39 is 14.6 Å². The van der Waals surface area contributed by atoms with E-state index in [2.05, 4.69) is 15.2 Å². The number of guanidine groups is 1. The molecule has 0 aromatic rings. The summed E-state index contributed by atoms with van der Waals surface area (Å²) in [6.07, 6.45) is 1.05. The molecule has 1 aliphatic rings. The molecule has 0 spiro atoms. The lowest BCUT2D eigenvalue weighted by atomic mass is 10.1. The Bertz CT molecular complexity index is 506. The van der Waals surface area contributed by atoms with E-state index in [1.807, 2.05) is 0 Å². The van der Waals surface area contributed by atoms with Crippen molar-refractivity contribution in [2.24, 2.45) is 10.9 Å². The van der Waals surface area contributed by atoms with Crippen molar-refractivity contribution in [3.8, 4) is 0 Å². The Morgan fingerprint density at radius 2 is 2.00 bits per heavy atom. The molecule has 1 aliphatic heterocycles. The van der Waals surface area contributed by atoms with Crippen LogP contribution in [0.4, 0.5) is 0 Å². The first-order valence-electron chi connectivity index (χ1n) is 8.46. The van der Waals surface area contributed by atoms with Gasteiger partial charge in [-0.1, -0.05) is 0 Å². The first-order valence-corrected chi connectivity index (χ1v) is 10.1. The molecule has 9 heteroatoms. The fourth-order valence-electron chi connectivity index (χ4n) is 2.49. The van der Waals surface area contributed by atoms with Crippen molar-refractivity contribution in [3.63, 3.8) is 0 Å². The number of nitrogens with one attached hydrogen (secondary N) is 1. The summed E-state index contributed by atoms with van der Waals surface area (Å²) >= 11 is 0. The van der Waals surface area contributed by atoms with Crippen LogP contribution in [0.2, 0.25) is 0 Å². The standard InChI is InChI=1S/C16H33N3O4S.HI/c1-16(2,3)24(20,21)11-7-18-15(17-4)19-8-6-14(12-19)13-23-10-9-22-5;/h14H,6-13H2,1-5H3,(H,17,18);1H. The number of hydrogen-bond donors (Lipinski definition) is 1. The first kappa shape index (κ1) is 24.9. The van der Waals surface area contributed by atoms with Crippen LogP contribution in [-0.4, -0.2) is 83.4 Å². The van der Waals surface area contributed by atoms with Gasteiger partial charge in [0.2, 0.25) is 0 Å². The van der Waals surface area contributed by atoms with Gasteiger partial charge in [0.1, 0.15) is 0 Å². The number of likely N-dealkylation sites (tertiary alicyclic amines) is 1. The van der Waals surface area contributed by atoms with E-state index in [1.165, 1.54) is 0 Å². The van der Waals surface area contributed by atoms with Crippen LogP contribution in [0.3, 0.4) is 0 Å². The third kappa shape index (κ3) is 8.40. The van der Waals surface area contributed by atoms with Gasteiger partial charge in [0.15, 0.2) is 15.8 Å². The predicted octanol–water partition coefficient (Wildman–Crippen LogP) is 1.38. The van der Waals surface area contributed by atoms with Crippen LogP contribution in [0, 0.1) is 5.92 Å². The van der Waals surface area contributed by atoms with E-state index >= 15 is 0 Å². The number of aliphatic imine (C=N–C) groups is 1. The highest BCUT2D eigenvalue weighted by atomic mass is 127. The molecule has 7 nitrogen and oxygen atoms in total. The number of ether oxygens (including phenoxy) is 2. The molecule has 0 aromatic heterocycles. The number of sulfone groups is 1. The van der Waals surface area contributed by atoms with Gasteiger partial charge < -0.3 is 19.7 Å². The monoisotopic (exact) mass is 491 g/mol. The Labute approximate surface area is 169 Å². The predicted molar refractivity (Wildman–Crippen MR) is 113 cm³/mol. The summed E-state index contributed by atoms with van der Waals surface area (Å²) in [5, 5.41) is 3.17. The van der Waals surface area contributed by atoms with E-state index in [4.69, 9.17) is 9.47 Å². The SMILES string of the molecule is CN=C(NCCS(=O)(=O)C(C)(C)C)N1CCC(COCCOC)C1.I. The zero-order chi connectivity index (χ0) is 18.2. The lowest BCUT2D eigenvalue weighted by molar-refractivity contribution is 0.0536. The summed E-state index contributed by atoms with van der Waals surface area (Å²) in [6.45, 7) is 9.28. The minimum Gasteiger partial charge on any atom is -0.382 e. The van der Waals surface area contributed by atoms with E-state index in [1.54, 1.807) is 34.9 Å². The molecule has 0 radical (unpaired) electrons. The second-order valence-electron chi connectivity index (χ2n) is 7.07. The molecule has 0 amide bonds. The Morgan fingerprint density at radius 3 is 2.56 bits per heavy atom. The maximum atomic E-state index is 12.1. The first-order chi connectivity index (χ1) is 11.2. The lowest BCUT2D eigenvalue weighted by Crippen LogP contribution is -2.43. The van der Waals surface area contributed by atoms with Gasteiger partial charge in [0.05, 0.1) is 30.3 Å². The zero-order valence-corrected chi connectivity index (χ0v) is 19.2. The molecule has 0 saturated carbocycles. The van der Waals surface area contributed by atoms with Crippen molar-refractivity contribution in [3.05, 3.63) is 0 Å². The Balaban J connectivity index is 0.00000576. The highest BCUT2D eigenvalue weighted by Crippen LogP contribution is 2.17. The highest BCUT2D eigenvalue weighted by molar-refractivity contribution is 14.0. The van der Waals surface area contributed by atoms with E-state index in [0.29, 0.717) is 25.7 Å². The highest BCUT2D eigenvalue weighted by Gasteiger charge is 2.29. The summed E-state index contributed by atoms with van der Waals surface area (Å²) in [4.78, 5) is 6.43. The average Bonchev–Trinajstić information content (AvgIpc) is 2.95. The second kappa shape index (κ2) is 11.6. The van der Waals surface area contributed by atoms with Gasteiger partial charge in [-0.15, -0.1) is 24.0 Å². The largest absolute Gasteiger partial charge is 0.382 e. The normalized spacial score (nSPS) is 19.0. The van der Waals surface area contributed by atoms with Crippen LogP contribution in [-0.2, 0) is 19.3 Å². The van der Waals surface area contributed by atoms with E-state index in [0.717, 1.165) is 32.1 Å². The molecule has 1 saturated heterocycles. The van der Waals surface area contributed by atoms with Gasteiger partial charge >= 0.3 is 0 Å². The van der Waals surface area contributed by atoms with Gasteiger partial charge in [-0.3, -0.25) is 4.99 Å². The number of hydrogen-bond acceptors (Lipinski definition) is 5. The number of nitrogens with zero attached hydrogens (tertiary/aromatic N) is 2. The molecule has 0 bridgehead atoms. The fourth-order valence-corrected chi connectivity index (χ4v) is 3.47. The molecular formula is C16H34IN3O4S. The minimum absolute atomic E-state index is 0. The van der Waals surface area contributed by atoms with Crippen molar-refractivity contribution < 1.29 is 17.9 Å². The van der Waals surface area contributed by atoms with Crippen LogP contribution in [0.25, 0.3) is 0 Å². The van der Waals surface area contributed by atoms with Gasteiger partial charge in [-0.25, -0.2) is 8.42 Å². The van der Waals surface area contributed by atoms with Gasteiger partial charge in [0.25, 0.3) is 0 Å². The minimum atomic E-state index is -3.12. The second-order valence-corrected chi connectivity index (χ2v) is 9.94. The smallest absolute Gasteiger partial charge is 0.193 e. The van der Waals surface area contributed by atoms with E-state index in [-0.39, 0.29) is 29.7 Å². The fraction of sp³-hybridized carbons (Fsp3) is 0.938. The number of rotatable bonds is 8. The summed E-state index contributed by atoms with van der Waals surface area (Å²) in [5.41, 5.74) is 0. The Morgan fingerprint density at radius 1 is 1.32 bits per heavy atom. The van der Waals surface area contributed by atoms with Crippen molar-refractivity contribution in [1.82, 2.24) is 10.2 Å². The molecular weight excluding hydrogens is 457 g/mol. The molecule has 1 atom stereocenters. The molecule has 1 rings (SSSR count). The molecule has 0 aliphatic carbocycles. The van der Waals surface area contributed by atoms with Crippen LogP contribution in [0.15, 0.2) is 4.99 Å². The number of halogens is 1. The molecule has 1 N–H and O–H groups in total. The van der Waals surface area contributed by atoms with Gasteiger partial charge in [-0.2, -0.15) is 0 Å². The molecule has 1 unspecified atom stereocenters. The third-order valence-electron chi connectivity index (χ3n) is 4.17. The quantitative estimate of drug-likeness (QED) is 0.239. The Hall–Kier alpha value is -0.130. The molecule has 150 valence electrons. The topological polar surface area (TPSA) is 80.2 Å². The van der Waals surface area contributed by atoms with Crippen LogP contribution in [0.5, 0.6) is 0 Å². The summed E-state index contributed by atoms with van der Waals surface area (Å²) < 4.78 is 34.1. The van der Waals surface area contributed by atoms with Crippen molar-refractivity contribution in [2.75, 3.05) is 59.4 Å². The van der Waals surface area contributed by atoms with E-state index in [9.17, 15) is 8.42 Å². The number of methoxy groups -OCH3 is 1. The molecule has 25 heavy (non-hydrogen) atoms. The van der Waals surface area contributed by atoms with Gasteiger partial charge in [0, 0.05) is 39.7 Å². The van der Waals surface area contributed by atoms with Crippen molar-refractivity contribution >= 4 is 39.8 Å². The van der Waals surface area contributed by atoms with Crippen LogP contribution in [0.1, 0.15) is 27.2 Å². The summed E-state index contributed by atoms with van der Waals surface area (Å²) in [6, 6.07) is 0. The molecule has 1 fully saturated rings.